The number of benzene rings is 1. The molecule has 0 bridgehead atoms. The number of carbonyl (C=O) groups excluding carboxylic acids is 1. The third kappa shape index (κ3) is 2.87. The molecule has 3 rings (SSSR count). The Labute approximate surface area is 136 Å². The summed E-state index contributed by atoms with van der Waals surface area (Å²) in [5.41, 5.74) is 1.24. The number of hydrogen-bond acceptors (Lipinski definition) is 5. The molecule has 1 N–H and O–H groups in total. The molecule has 0 radical (unpaired) electrons. The number of rotatable bonds is 3. The lowest BCUT2D eigenvalue weighted by molar-refractivity contribution is 0.0953. The van der Waals surface area contributed by atoms with Crippen molar-refractivity contribution < 1.29 is 4.79 Å². The molecule has 0 aliphatic carbocycles. The van der Waals surface area contributed by atoms with Crippen LogP contribution in [0.2, 0.25) is 0 Å². The molecule has 1 amide bonds. The maximum atomic E-state index is 12.3. The first kappa shape index (κ1) is 15.4. The fourth-order valence-corrected chi connectivity index (χ4v) is 3.33. The van der Waals surface area contributed by atoms with Crippen molar-refractivity contribution in [3.8, 4) is 0 Å². The summed E-state index contributed by atoms with van der Waals surface area (Å²) >= 11 is 1.37. The molecule has 2 aromatic heterocycles. The predicted molar refractivity (Wildman–Crippen MR) is 89.7 cm³/mol. The van der Waals surface area contributed by atoms with Crippen LogP contribution in [0.5, 0.6) is 0 Å². The van der Waals surface area contributed by atoms with Crippen molar-refractivity contribution in [2.75, 3.05) is 0 Å². The molecule has 0 spiro atoms. The van der Waals surface area contributed by atoms with Crippen LogP contribution in [0.25, 0.3) is 10.8 Å². The van der Waals surface area contributed by atoms with Crippen LogP contribution in [0.15, 0.2) is 29.1 Å². The van der Waals surface area contributed by atoms with Crippen LogP contribution in [-0.4, -0.2) is 20.7 Å². The minimum Gasteiger partial charge on any atom is -0.346 e. The number of aryl methyl sites for hydroxylation is 3. The van der Waals surface area contributed by atoms with Crippen LogP contribution in [0.4, 0.5) is 0 Å². The molecule has 0 aliphatic heterocycles. The highest BCUT2D eigenvalue weighted by Gasteiger charge is 2.15. The van der Waals surface area contributed by atoms with Crippen molar-refractivity contribution in [2.24, 2.45) is 7.05 Å². The fourth-order valence-electron chi connectivity index (χ4n) is 2.49. The van der Waals surface area contributed by atoms with E-state index in [2.05, 4.69) is 15.4 Å². The first-order valence-electron chi connectivity index (χ1n) is 7.14. The van der Waals surface area contributed by atoms with Gasteiger partial charge in [0.25, 0.3) is 11.5 Å². The quantitative estimate of drug-likeness (QED) is 0.797. The van der Waals surface area contributed by atoms with Crippen LogP contribution in [0.3, 0.4) is 0 Å². The van der Waals surface area contributed by atoms with E-state index in [1.165, 1.54) is 16.0 Å². The highest BCUT2D eigenvalue weighted by Crippen LogP contribution is 2.17. The zero-order valence-electron chi connectivity index (χ0n) is 13.1. The monoisotopic (exact) mass is 328 g/mol. The molecular weight excluding hydrogens is 312 g/mol. The maximum absolute atomic E-state index is 12.3. The van der Waals surface area contributed by atoms with E-state index >= 15 is 0 Å². The Bertz CT molecular complexity index is 958. The summed E-state index contributed by atoms with van der Waals surface area (Å²) in [6, 6.07) is 7.27. The highest BCUT2D eigenvalue weighted by atomic mass is 32.1. The SMILES string of the molecule is Cc1nc(C)c(C(=O)NCc2nn(C)c(=O)c3ccccc23)s1. The van der Waals surface area contributed by atoms with Gasteiger partial charge in [-0.15, -0.1) is 11.3 Å². The number of carbonyl (C=O) groups is 1. The standard InChI is InChI=1S/C16H16N4O2S/c1-9-14(23-10(2)18-9)15(21)17-8-13-11-6-4-5-7-12(11)16(22)20(3)19-13/h4-7H,8H2,1-3H3,(H,17,21). The lowest BCUT2D eigenvalue weighted by atomic mass is 10.1. The van der Waals surface area contributed by atoms with Crippen LogP contribution in [0.1, 0.15) is 26.1 Å². The molecule has 0 fully saturated rings. The average Bonchev–Trinajstić information content (AvgIpc) is 2.88. The first-order valence-corrected chi connectivity index (χ1v) is 7.96. The number of fused-ring (bicyclic) bond motifs is 1. The zero-order chi connectivity index (χ0) is 16.6. The molecule has 118 valence electrons. The van der Waals surface area contributed by atoms with E-state index in [-0.39, 0.29) is 18.0 Å². The van der Waals surface area contributed by atoms with E-state index in [1.54, 1.807) is 13.1 Å². The third-order valence-electron chi connectivity index (χ3n) is 3.56. The average molecular weight is 328 g/mol. The second-order valence-corrected chi connectivity index (χ2v) is 6.45. The number of nitrogens with one attached hydrogen (secondary N) is 1. The summed E-state index contributed by atoms with van der Waals surface area (Å²) in [6.45, 7) is 3.94. The van der Waals surface area contributed by atoms with Gasteiger partial charge in [0, 0.05) is 12.4 Å². The Balaban J connectivity index is 1.91. The molecule has 3 aromatic rings. The Morgan fingerprint density at radius 1 is 1.26 bits per heavy atom. The summed E-state index contributed by atoms with van der Waals surface area (Å²) in [6.07, 6.45) is 0. The van der Waals surface area contributed by atoms with E-state index in [0.717, 1.165) is 16.1 Å². The summed E-state index contributed by atoms with van der Waals surface area (Å²) in [4.78, 5) is 29.3. The largest absolute Gasteiger partial charge is 0.346 e. The van der Waals surface area contributed by atoms with Crippen molar-refractivity contribution >= 4 is 28.0 Å². The fraction of sp³-hybridized carbons (Fsp3) is 0.250. The van der Waals surface area contributed by atoms with Gasteiger partial charge in [-0.25, -0.2) is 9.67 Å². The topological polar surface area (TPSA) is 76.9 Å². The predicted octanol–water partition coefficient (Wildman–Crippen LogP) is 1.94. The first-order chi connectivity index (χ1) is 11.0. The normalized spacial score (nSPS) is 10.9. The van der Waals surface area contributed by atoms with Gasteiger partial charge in [0.1, 0.15) is 4.88 Å². The third-order valence-corrected chi connectivity index (χ3v) is 4.63. The Morgan fingerprint density at radius 2 is 1.96 bits per heavy atom. The zero-order valence-corrected chi connectivity index (χ0v) is 13.9. The van der Waals surface area contributed by atoms with Gasteiger partial charge in [-0.05, 0) is 19.9 Å². The van der Waals surface area contributed by atoms with Crippen molar-refractivity contribution in [1.82, 2.24) is 20.1 Å². The second kappa shape index (κ2) is 5.92. The van der Waals surface area contributed by atoms with Gasteiger partial charge < -0.3 is 5.32 Å². The summed E-state index contributed by atoms with van der Waals surface area (Å²) in [5.74, 6) is -0.173. The molecule has 0 atom stereocenters. The molecule has 23 heavy (non-hydrogen) atoms. The lowest BCUT2D eigenvalue weighted by Gasteiger charge is -2.09. The minimum absolute atomic E-state index is 0.149. The number of nitrogens with zero attached hydrogens (tertiary/aromatic N) is 3. The number of hydrogen-bond donors (Lipinski definition) is 1. The maximum Gasteiger partial charge on any atom is 0.274 e. The van der Waals surface area contributed by atoms with Gasteiger partial charge in [-0.3, -0.25) is 9.59 Å². The van der Waals surface area contributed by atoms with Crippen molar-refractivity contribution in [3.05, 3.63) is 55.9 Å². The van der Waals surface area contributed by atoms with Gasteiger partial charge in [0.2, 0.25) is 0 Å². The van der Waals surface area contributed by atoms with Gasteiger partial charge in [0.15, 0.2) is 0 Å². The van der Waals surface area contributed by atoms with Crippen molar-refractivity contribution in [2.45, 2.75) is 20.4 Å². The van der Waals surface area contributed by atoms with Crippen molar-refractivity contribution in [1.29, 1.82) is 0 Å². The Kier molecular flexibility index (Phi) is 3.96. The van der Waals surface area contributed by atoms with Gasteiger partial charge in [-0.2, -0.15) is 5.10 Å². The summed E-state index contributed by atoms with van der Waals surface area (Å²) in [7, 11) is 1.61. The summed E-state index contributed by atoms with van der Waals surface area (Å²) in [5, 5.41) is 9.35. The molecule has 0 unspecified atom stereocenters. The van der Waals surface area contributed by atoms with Crippen LogP contribution in [0, 0.1) is 13.8 Å². The number of amides is 1. The molecule has 1 aromatic carbocycles. The van der Waals surface area contributed by atoms with Crippen LogP contribution >= 0.6 is 11.3 Å². The molecule has 6 nitrogen and oxygen atoms in total. The molecule has 0 saturated heterocycles. The number of thiazole rings is 1. The Hall–Kier alpha value is -2.54. The lowest BCUT2D eigenvalue weighted by Crippen LogP contribution is -2.27. The second-order valence-electron chi connectivity index (χ2n) is 5.25. The van der Waals surface area contributed by atoms with E-state index in [0.29, 0.717) is 16.0 Å². The Morgan fingerprint density at radius 3 is 2.61 bits per heavy atom. The van der Waals surface area contributed by atoms with Crippen LogP contribution in [-0.2, 0) is 13.6 Å². The summed E-state index contributed by atoms with van der Waals surface area (Å²) < 4.78 is 1.30. The van der Waals surface area contributed by atoms with Crippen molar-refractivity contribution in [3.63, 3.8) is 0 Å². The molecule has 0 saturated carbocycles. The smallest absolute Gasteiger partial charge is 0.274 e. The molecule has 2 heterocycles. The van der Waals surface area contributed by atoms with E-state index in [1.807, 2.05) is 32.0 Å². The van der Waals surface area contributed by atoms with Crippen LogP contribution < -0.4 is 10.9 Å². The van der Waals surface area contributed by atoms with E-state index < -0.39 is 0 Å². The molecule has 0 aliphatic rings. The number of aromatic nitrogens is 3. The van der Waals surface area contributed by atoms with Gasteiger partial charge >= 0.3 is 0 Å². The van der Waals surface area contributed by atoms with Gasteiger partial charge in [0.05, 0.1) is 28.3 Å². The van der Waals surface area contributed by atoms with Gasteiger partial charge in [-0.1, -0.05) is 18.2 Å². The highest BCUT2D eigenvalue weighted by molar-refractivity contribution is 7.13. The molecular formula is C16H16N4O2S. The van der Waals surface area contributed by atoms with E-state index in [4.69, 9.17) is 0 Å². The van der Waals surface area contributed by atoms with E-state index in [9.17, 15) is 9.59 Å². The minimum atomic E-state index is -0.173. The molecule has 7 heteroatoms.